The molecule has 0 spiro atoms. The van der Waals surface area contributed by atoms with E-state index in [1.807, 2.05) is 45.9 Å². The fraction of sp³-hybridized carbons (Fsp3) is 0.533. The second-order valence-electron chi connectivity index (χ2n) is 5.34. The van der Waals surface area contributed by atoms with E-state index in [4.69, 9.17) is 0 Å². The molecular formula is C15H24N2O2. The lowest BCUT2D eigenvalue weighted by Gasteiger charge is -2.28. The van der Waals surface area contributed by atoms with Gasteiger partial charge < -0.3 is 15.3 Å². The number of benzene rings is 1. The van der Waals surface area contributed by atoms with Gasteiger partial charge in [0.25, 0.3) is 0 Å². The Hall–Kier alpha value is -1.55. The molecule has 1 aromatic carbocycles. The van der Waals surface area contributed by atoms with Crippen LogP contribution in [0.4, 0.5) is 10.5 Å². The highest BCUT2D eigenvalue weighted by atomic mass is 16.3. The standard InChI is InChI=1S/C15H24N2O2/c1-10(2)17(9-13(5)18)15(19)16-14-8-11(3)6-7-12(14)4/h6-8,10,13,18H,9H2,1-5H3,(H,16,19). The molecule has 0 bridgehead atoms. The van der Waals surface area contributed by atoms with Gasteiger partial charge in [0.15, 0.2) is 0 Å². The molecule has 4 nitrogen and oxygen atoms in total. The van der Waals surface area contributed by atoms with Crippen molar-refractivity contribution < 1.29 is 9.90 Å². The van der Waals surface area contributed by atoms with Crippen LogP contribution in [0.25, 0.3) is 0 Å². The fourth-order valence-corrected chi connectivity index (χ4v) is 1.87. The Morgan fingerprint density at radius 3 is 2.47 bits per heavy atom. The van der Waals surface area contributed by atoms with Gasteiger partial charge in [0.2, 0.25) is 0 Å². The molecule has 0 fully saturated rings. The average Bonchev–Trinajstić information content (AvgIpc) is 2.30. The second-order valence-corrected chi connectivity index (χ2v) is 5.34. The topological polar surface area (TPSA) is 52.6 Å². The molecule has 0 saturated carbocycles. The molecule has 1 unspecified atom stereocenters. The zero-order chi connectivity index (χ0) is 14.6. The fourth-order valence-electron chi connectivity index (χ4n) is 1.87. The molecule has 0 saturated heterocycles. The first-order valence-electron chi connectivity index (χ1n) is 6.64. The summed E-state index contributed by atoms with van der Waals surface area (Å²) >= 11 is 0. The van der Waals surface area contributed by atoms with Crippen LogP contribution in [0.5, 0.6) is 0 Å². The molecule has 0 aliphatic rings. The highest BCUT2D eigenvalue weighted by molar-refractivity contribution is 5.90. The average molecular weight is 264 g/mol. The highest BCUT2D eigenvalue weighted by Gasteiger charge is 2.19. The SMILES string of the molecule is Cc1ccc(C)c(NC(=O)N(CC(C)O)C(C)C)c1. The first-order chi connectivity index (χ1) is 8.81. The Labute approximate surface area is 115 Å². The van der Waals surface area contributed by atoms with Crippen molar-refractivity contribution in [2.45, 2.75) is 46.8 Å². The molecule has 0 radical (unpaired) electrons. The van der Waals surface area contributed by atoms with Gasteiger partial charge in [-0.05, 0) is 51.8 Å². The smallest absolute Gasteiger partial charge is 0.322 e. The Morgan fingerprint density at radius 2 is 1.95 bits per heavy atom. The van der Waals surface area contributed by atoms with Crippen molar-refractivity contribution in [1.82, 2.24) is 4.90 Å². The van der Waals surface area contributed by atoms with Gasteiger partial charge in [0.05, 0.1) is 6.10 Å². The number of nitrogens with zero attached hydrogens (tertiary/aromatic N) is 1. The summed E-state index contributed by atoms with van der Waals surface area (Å²) < 4.78 is 0. The summed E-state index contributed by atoms with van der Waals surface area (Å²) in [6.45, 7) is 9.83. The van der Waals surface area contributed by atoms with E-state index in [0.29, 0.717) is 6.54 Å². The maximum Gasteiger partial charge on any atom is 0.322 e. The lowest BCUT2D eigenvalue weighted by atomic mass is 10.1. The minimum atomic E-state index is -0.535. The van der Waals surface area contributed by atoms with Crippen molar-refractivity contribution in [1.29, 1.82) is 0 Å². The minimum Gasteiger partial charge on any atom is -0.392 e. The number of aliphatic hydroxyl groups is 1. The van der Waals surface area contributed by atoms with Crippen LogP contribution in [0.3, 0.4) is 0 Å². The van der Waals surface area contributed by atoms with Gasteiger partial charge in [-0.15, -0.1) is 0 Å². The van der Waals surface area contributed by atoms with E-state index >= 15 is 0 Å². The van der Waals surface area contributed by atoms with Crippen molar-refractivity contribution in [2.75, 3.05) is 11.9 Å². The number of aryl methyl sites for hydroxylation is 2. The zero-order valence-corrected chi connectivity index (χ0v) is 12.4. The third kappa shape index (κ3) is 4.56. The van der Waals surface area contributed by atoms with E-state index in [2.05, 4.69) is 5.32 Å². The lowest BCUT2D eigenvalue weighted by Crippen LogP contribution is -2.43. The summed E-state index contributed by atoms with van der Waals surface area (Å²) in [5.41, 5.74) is 2.95. The largest absolute Gasteiger partial charge is 0.392 e. The summed E-state index contributed by atoms with van der Waals surface area (Å²) in [6.07, 6.45) is -0.535. The van der Waals surface area contributed by atoms with Crippen LogP contribution in [0, 0.1) is 13.8 Å². The molecule has 1 rings (SSSR count). The summed E-state index contributed by atoms with van der Waals surface area (Å²) in [7, 11) is 0. The Balaban J connectivity index is 2.84. The first-order valence-corrected chi connectivity index (χ1v) is 6.64. The minimum absolute atomic E-state index is 0.0414. The molecule has 0 aliphatic heterocycles. The Kier molecular flexibility index (Phi) is 5.36. The van der Waals surface area contributed by atoms with Crippen LogP contribution in [0.1, 0.15) is 31.9 Å². The van der Waals surface area contributed by atoms with Gasteiger partial charge in [-0.3, -0.25) is 0 Å². The second kappa shape index (κ2) is 6.57. The van der Waals surface area contributed by atoms with E-state index in [0.717, 1.165) is 16.8 Å². The molecule has 0 aromatic heterocycles. The number of hydrogen-bond donors (Lipinski definition) is 2. The number of anilines is 1. The van der Waals surface area contributed by atoms with Crippen LogP contribution in [0.15, 0.2) is 18.2 Å². The number of carbonyl (C=O) groups excluding carboxylic acids is 1. The van der Waals surface area contributed by atoms with Crippen molar-refractivity contribution in [2.24, 2.45) is 0 Å². The number of carbonyl (C=O) groups is 1. The van der Waals surface area contributed by atoms with E-state index in [1.54, 1.807) is 11.8 Å². The van der Waals surface area contributed by atoms with E-state index in [-0.39, 0.29) is 12.1 Å². The number of amides is 2. The van der Waals surface area contributed by atoms with E-state index in [9.17, 15) is 9.90 Å². The molecule has 2 N–H and O–H groups in total. The molecule has 0 aliphatic carbocycles. The molecular weight excluding hydrogens is 240 g/mol. The van der Waals surface area contributed by atoms with Crippen molar-refractivity contribution in [3.05, 3.63) is 29.3 Å². The molecule has 1 aromatic rings. The van der Waals surface area contributed by atoms with Gasteiger partial charge >= 0.3 is 6.03 Å². The maximum absolute atomic E-state index is 12.3. The summed E-state index contributed by atoms with van der Waals surface area (Å²) in [6, 6.07) is 5.82. The third-order valence-corrected chi connectivity index (χ3v) is 2.98. The maximum atomic E-state index is 12.3. The van der Waals surface area contributed by atoms with E-state index < -0.39 is 6.10 Å². The van der Waals surface area contributed by atoms with E-state index in [1.165, 1.54) is 0 Å². The Bertz CT molecular complexity index is 442. The highest BCUT2D eigenvalue weighted by Crippen LogP contribution is 2.17. The predicted molar refractivity (Wildman–Crippen MR) is 78.5 cm³/mol. The van der Waals surface area contributed by atoms with Crippen LogP contribution in [0.2, 0.25) is 0 Å². The van der Waals surface area contributed by atoms with Crippen molar-refractivity contribution in [3.8, 4) is 0 Å². The van der Waals surface area contributed by atoms with Crippen LogP contribution in [-0.2, 0) is 0 Å². The molecule has 0 heterocycles. The van der Waals surface area contributed by atoms with Gasteiger partial charge in [0.1, 0.15) is 0 Å². The molecule has 1 atom stereocenters. The van der Waals surface area contributed by atoms with Crippen molar-refractivity contribution in [3.63, 3.8) is 0 Å². The monoisotopic (exact) mass is 264 g/mol. The van der Waals surface area contributed by atoms with Gasteiger partial charge in [-0.25, -0.2) is 4.79 Å². The van der Waals surface area contributed by atoms with Crippen LogP contribution < -0.4 is 5.32 Å². The van der Waals surface area contributed by atoms with Crippen LogP contribution in [-0.4, -0.2) is 34.7 Å². The van der Waals surface area contributed by atoms with Gasteiger partial charge in [-0.2, -0.15) is 0 Å². The molecule has 4 heteroatoms. The number of rotatable bonds is 4. The quantitative estimate of drug-likeness (QED) is 0.878. The number of nitrogens with one attached hydrogen (secondary N) is 1. The summed E-state index contributed by atoms with van der Waals surface area (Å²) in [5, 5.41) is 12.4. The van der Waals surface area contributed by atoms with Crippen molar-refractivity contribution >= 4 is 11.7 Å². The number of hydrogen-bond acceptors (Lipinski definition) is 2. The third-order valence-electron chi connectivity index (χ3n) is 2.98. The molecule has 106 valence electrons. The summed E-state index contributed by atoms with van der Waals surface area (Å²) in [5.74, 6) is 0. The molecule has 19 heavy (non-hydrogen) atoms. The first kappa shape index (κ1) is 15.5. The molecule has 2 amide bonds. The van der Waals surface area contributed by atoms with Gasteiger partial charge in [0, 0.05) is 18.3 Å². The summed E-state index contributed by atoms with van der Waals surface area (Å²) in [4.78, 5) is 13.9. The zero-order valence-electron chi connectivity index (χ0n) is 12.4. The van der Waals surface area contributed by atoms with Crippen LogP contribution >= 0.6 is 0 Å². The lowest BCUT2D eigenvalue weighted by molar-refractivity contribution is 0.125. The predicted octanol–water partition coefficient (Wildman–Crippen LogP) is 2.93. The Morgan fingerprint density at radius 1 is 1.32 bits per heavy atom. The number of aliphatic hydroxyl groups excluding tert-OH is 1. The van der Waals surface area contributed by atoms with Gasteiger partial charge in [-0.1, -0.05) is 12.1 Å². The normalized spacial score (nSPS) is 12.4. The number of urea groups is 1.